The van der Waals surface area contributed by atoms with E-state index in [-0.39, 0.29) is 19.1 Å². The molecule has 17 heavy (non-hydrogen) atoms. The number of aliphatic hydroxyl groups excluding tert-OH is 1. The highest BCUT2D eigenvalue weighted by Gasteiger charge is 2.18. The summed E-state index contributed by atoms with van der Waals surface area (Å²) >= 11 is 0. The maximum Gasteiger partial charge on any atom is 0.258 e. The number of rotatable bonds is 4. The van der Waals surface area contributed by atoms with Crippen molar-refractivity contribution < 1.29 is 23.8 Å². The number of phenols is 1. The first-order valence-electron chi connectivity index (χ1n) is 5.02. The predicted octanol–water partition coefficient (Wildman–Crippen LogP) is 1.03. The highest BCUT2D eigenvalue weighted by molar-refractivity contribution is 5.97. The molecule has 1 amide bonds. The second kappa shape index (κ2) is 5.58. The molecule has 0 fully saturated rings. The van der Waals surface area contributed by atoms with Gasteiger partial charge in [0.2, 0.25) is 0 Å². The molecule has 1 aromatic rings. The Morgan fingerprint density at radius 1 is 1.47 bits per heavy atom. The van der Waals surface area contributed by atoms with Crippen LogP contribution >= 0.6 is 0 Å². The molecule has 0 bridgehead atoms. The number of aromatic hydroxyl groups is 1. The minimum atomic E-state index is -1.13. The third-order valence-electron chi connectivity index (χ3n) is 2.18. The SMILES string of the molecule is CC(CO)CNC(=O)c1c(O)cc(F)cc1F. The fourth-order valence-electron chi connectivity index (χ4n) is 1.20. The first-order chi connectivity index (χ1) is 7.95. The zero-order valence-electron chi connectivity index (χ0n) is 9.20. The van der Waals surface area contributed by atoms with Crippen LogP contribution in [0.15, 0.2) is 12.1 Å². The fourth-order valence-corrected chi connectivity index (χ4v) is 1.20. The molecule has 0 radical (unpaired) electrons. The molecule has 6 heteroatoms. The van der Waals surface area contributed by atoms with Gasteiger partial charge in [-0.05, 0) is 5.92 Å². The molecule has 0 saturated carbocycles. The van der Waals surface area contributed by atoms with Gasteiger partial charge in [0.05, 0.1) is 0 Å². The van der Waals surface area contributed by atoms with E-state index in [1.54, 1.807) is 6.92 Å². The Balaban J connectivity index is 2.82. The molecule has 0 heterocycles. The van der Waals surface area contributed by atoms with Crippen molar-refractivity contribution in [2.45, 2.75) is 6.92 Å². The number of nitrogens with one attached hydrogen (secondary N) is 1. The fraction of sp³-hybridized carbons (Fsp3) is 0.364. The molecule has 3 N–H and O–H groups in total. The summed E-state index contributed by atoms with van der Waals surface area (Å²) in [7, 11) is 0. The van der Waals surface area contributed by atoms with Crippen LogP contribution in [0.25, 0.3) is 0 Å². The van der Waals surface area contributed by atoms with Gasteiger partial charge in [0.1, 0.15) is 22.9 Å². The van der Waals surface area contributed by atoms with Crippen molar-refractivity contribution in [1.29, 1.82) is 0 Å². The first-order valence-corrected chi connectivity index (χ1v) is 5.02. The summed E-state index contributed by atoms with van der Waals surface area (Å²) in [6, 6.07) is 1.18. The predicted molar refractivity (Wildman–Crippen MR) is 56.6 cm³/mol. The van der Waals surface area contributed by atoms with Gasteiger partial charge in [0.15, 0.2) is 0 Å². The van der Waals surface area contributed by atoms with Crippen molar-refractivity contribution in [2.75, 3.05) is 13.2 Å². The van der Waals surface area contributed by atoms with Gasteiger partial charge in [0.25, 0.3) is 5.91 Å². The second-order valence-electron chi connectivity index (χ2n) is 3.78. The standard InChI is InChI=1S/C11H13F2NO3/c1-6(5-15)4-14-11(17)10-8(13)2-7(12)3-9(10)16/h2-3,6,15-16H,4-5H2,1H3,(H,14,17). The molecule has 0 saturated heterocycles. The molecular formula is C11H13F2NO3. The summed E-state index contributed by atoms with van der Waals surface area (Å²) in [6.07, 6.45) is 0. The number of benzene rings is 1. The molecule has 0 aliphatic heterocycles. The van der Waals surface area contributed by atoms with Crippen molar-refractivity contribution in [3.05, 3.63) is 29.3 Å². The molecule has 1 aromatic carbocycles. The van der Waals surface area contributed by atoms with E-state index in [9.17, 15) is 18.7 Å². The number of phenolic OH excluding ortho intramolecular Hbond substituents is 1. The summed E-state index contributed by atoms with van der Waals surface area (Å²) in [5, 5.41) is 20.3. The van der Waals surface area contributed by atoms with Crippen molar-refractivity contribution in [3.63, 3.8) is 0 Å². The summed E-state index contributed by atoms with van der Waals surface area (Å²) in [5.74, 6) is -3.88. The summed E-state index contributed by atoms with van der Waals surface area (Å²) in [4.78, 5) is 11.5. The minimum Gasteiger partial charge on any atom is -0.507 e. The topological polar surface area (TPSA) is 69.6 Å². The van der Waals surface area contributed by atoms with Crippen LogP contribution < -0.4 is 5.32 Å². The molecule has 94 valence electrons. The van der Waals surface area contributed by atoms with Crippen LogP contribution in [0.2, 0.25) is 0 Å². The van der Waals surface area contributed by atoms with E-state index in [2.05, 4.69) is 5.32 Å². The van der Waals surface area contributed by atoms with E-state index in [4.69, 9.17) is 5.11 Å². The van der Waals surface area contributed by atoms with E-state index < -0.39 is 28.9 Å². The van der Waals surface area contributed by atoms with Gasteiger partial charge in [-0.15, -0.1) is 0 Å². The maximum absolute atomic E-state index is 13.3. The quantitative estimate of drug-likeness (QED) is 0.742. The van der Waals surface area contributed by atoms with Crippen molar-refractivity contribution in [1.82, 2.24) is 5.32 Å². The van der Waals surface area contributed by atoms with Crippen LogP contribution in [0.5, 0.6) is 5.75 Å². The Hall–Kier alpha value is -1.69. The highest BCUT2D eigenvalue weighted by Crippen LogP contribution is 2.21. The average Bonchev–Trinajstić information content (AvgIpc) is 2.24. The zero-order valence-corrected chi connectivity index (χ0v) is 9.20. The lowest BCUT2D eigenvalue weighted by Gasteiger charge is -2.11. The second-order valence-corrected chi connectivity index (χ2v) is 3.78. The third-order valence-corrected chi connectivity index (χ3v) is 2.18. The molecule has 0 aromatic heterocycles. The lowest BCUT2D eigenvalue weighted by Crippen LogP contribution is -2.30. The van der Waals surface area contributed by atoms with E-state index in [0.29, 0.717) is 12.1 Å². The summed E-state index contributed by atoms with van der Waals surface area (Å²) in [6.45, 7) is 1.69. The first kappa shape index (κ1) is 13.4. The third kappa shape index (κ3) is 3.39. The summed E-state index contributed by atoms with van der Waals surface area (Å²) in [5.41, 5.74) is -0.600. The highest BCUT2D eigenvalue weighted by atomic mass is 19.1. The lowest BCUT2D eigenvalue weighted by atomic mass is 10.1. The normalized spacial score (nSPS) is 12.2. The maximum atomic E-state index is 13.3. The molecule has 0 aliphatic rings. The molecule has 4 nitrogen and oxygen atoms in total. The smallest absolute Gasteiger partial charge is 0.258 e. The molecule has 1 rings (SSSR count). The Bertz CT molecular complexity index is 400. The number of halogens is 2. The van der Waals surface area contributed by atoms with Crippen molar-refractivity contribution >= 4 is 5.91 Å². The van der Waals surface area contributed by atoms with Gasteiger partial charge < -0.3 is 15.5 Å². The van der Waals surface area contributed by atoms with Gasteiger partial charge in [-0.1, -0.05) is 6.92 Å². The average molecular weight is 245 g/mol. The van der Waals surface area contributed by atoms with Gasteiger partial charge in [-0.3, -0.25) is 4.79 Å². The number of aliphatic hydroxyl groups is 1. The largest absolute Gasteiger partial charge is 0.507 e. The Morgan fingerprint density at radius 3 is 2.65 bits per heavy atom. The van der Waals surface area contributed by atoms with Gasteiger partial charge in [0, 0.05) is 25.3 Å². The molecule has 1 unspecified atom stereocenters. The Kier molecular flexibility index (Phi) is 4.39. The molecule has 1 atom stereocenters. The van der Waals surface area contributed by atoms with Gasteiger partial charge in [-0.25, -0.2) is 8.78 Å². The van der Waals surface area contributed by atoms with E-state index >= 15 is 0 Å². The Morgan fingerprint density at radius 2 is 2.12 bits per heavy atom. The number of carbonyl (C=O) groups excluding carboxylic acids is 1. The van der Waals surface area contributed by atoms with Crippen LogP contribution in [0, 0.1) is 17.6 Å². The number of hydrogen-bond acceptors (Lipinski definition) is 3. The van der Waals surface area contributed by atoms with E-state index in [1.165, 1.54) is 0 Å². The van der Waals surface area contributed by atoms with Crippen LogP contribution in [-0.2, 0) is 0 Å². The van der Waals surface area contributed by atoms with Crippen LogP contribution in [0.3, 0.4) is 0 Å². The lowest BCUT2D eigenvalue weighted by molar-refractivity contribution is 0.0935. The number of amides is 1. The molecule has 0 aliphatic carbocycles. The molecular weight excluding hydrogens is 232 g/mol. The Labute approximate surface area is 96.9 Å². The summed E-state index contributed by atoms with van der Waals surface area (Å²) < 4.78 is 25.9. The monoisotopic (exact) mass is 245 g/mol. The molecule has 0 spiro atoms. The van der Waals surface area contributed by atoms with E-state index in [1.807, 2.05) is 0 Å². The van der Waals surface area contributed by atoms with Crippen LogP contribution in [-0.4, -0.2) is 29.3 Å². The van der Waals surface area contributed by atoms with Crippen LogP contribution in [0.4, 0.5) is 8.78 Å². The zero-order chi connectivity index (χ0) is 13.0. The van der Waals surface area contributed by atoms with Crippen molar-refractivity contribution in [2.24, 2.45) is 5.92 Å². The number of hydrogen-bond donors (Lipinski definition) is 3. The van der Waals surface area contributed by atoms with Crippen LogP contribution in [0.1, 0.15) is 17.3 Å². The van der Waals surface area contributed by atoms with Gasteiger partial charge >= 0.3 is 0 Å². The minimum absolute atomic E-state index is 0.127. The number of carbonyl (C=O) groups is 1. The van der Waals surface area contributed by atoms with Crippen molar-refractivity contribution in [3.8, 4) is 5.75 Å². The van der Waals surface area contributed by atoms with Gasteiger partial charge in [-0.2, -0.15) is 0 Å². The van der Waals surface area contributed by atoms with E-state index in [0.717, 1.165) is 0 Å².